The molecule has 11 rings (SSSR count). The van der Waals surface area contributed by atoms with Gasteiger partial charge in [-0.1, -0.05) is 57.2 Å². The van der Waals surface area contributed by atoms with Crippen molar-refractivity contribution in [3.05, 3.63) is 220 Å². The summed E-state index contributed by atoms with van der Waals surface area (Å²) in [6.45, 7) is 19.5. The molecule has 8 aromatic rings. The molecule has 0 N–H and O–H groups in total. The van der Waals surface area contributed by atoms with Gasteiger partial charge >= 0.3 is 0 Å². The topological polar surface area (TPSA) is 54.5 Å². The zero-order chi connectivity index (χ0) is 47.3. The van der Waals surface area contributed by atoms with Crippen molar-refractivity contribution in [3.63, 3.8) is 0 Å². The molecule has 0 fully saturated rings. The number of unbranched alkanes of at least 4 members (excludes halogenated alkanes) is 1. The second kappa shape index (κ2) is 22.8. The number of anilines is 9. The van der Waals surface area contributed by atoms with Gasteiger partial charge in [0.1, 0.15) is 0 Å². The van der Waals surface area contributed by atoms with Crippen LogP contribution in [-0.4, -0.2) is 29.1 Å². The van der Waals surface area contributed by atoms with Crippen LogP contribution in [0.5, 0.6) is 11.5 Å². The van der Waals surface area contributed by atoms with Crippen LogP contribution in [0.1, 0.15) is 53.0 Å². The molecule has 6 aromatic carbocycles. The largest absolute Gasteiger partial charge is 0.510 e. The summed E-state index contributed by atoms with van der Waals surface area (Å²) in [4.78, 5) is 22.4. The second-order valence-corrected chi connectivity index (χ2v) is 18.4. The number of benzene rings is 6. The van der Waals surface area contributed by atoms with Gasteiger partial charge in [-0.3, -0.25) is 0 Å². The Labute approximate surface area is 448 Å². The second-order valence-electron chi connectivity index (χ2n) is 18.4. The minimum absolute atomic E-state index is 0. The number of pyridine rings is 2. The third-order valence-corrected chi connectivity index (χ3v) is 12.3. The van der Waals surface area contributed by atoms with Gasteiger partial charge in [0.25, 0.3) is 0 Å². The predicted octanol–water partition coefficient (Wildman–Crippen LogP) is 14.0. The molecule has 71 heavy (non-hydrogen) atoms. The predicted molar refractivity (Wildman–Crippen MR) is 280 cm³/mol. The first-order chi connectivity index (χ1) is 33.7. The van der Waals surface area contributed by atoms with Gasteiger partial charge in [0, 0.05) is 86.8 Å². The molecule has 0 saturated carbocycles. The van der Waals surface area contributed by atoms with Crippen molar-refractivity contribution in [1.29, 1.82) is 0 Å². The Bertz CT molecular complexity index is 2890. The van der Waals surface area contributed by atoms with E-state index in [0.29, 0.717) is 28.9 Å². The molecule has 0 amide bonds. The van der Waals surface area contributed by atoms with E-state index < -0.39 is 0 Å². The first kappa shape index (κ1) is 50.9. The fraction of sp³-hybridized carbons (Fsp3) is 0.183. The van der Waals surface area contributed by atoms with Gasteiger partial charge in [-0.2, -0.15) is 92.8 Å². The zero-order valence-electron chi connectivity index (χ0n) is 40.4. The van der Waals surface area contributed by atoms with Crippen LogP contribution in [0.4, 0.5) is 51.2 Å². The van der Waals surface area contributed by atoms with Gasteiger partial charge in [0.2, 0.25) is 0 Å². The number of hydrogen-bond donors (Lipinski definition) is 0. The molecule has 11 heteroatoms. The Morgan fingerprint density at radius 2 is 1.03 bits per heavy atom. The standard InChI is InChI=1S/C30H28N4O.C30H26N4.Ir.Pt/c1-21(2)33-20-34(29-12-7-6-11-28(29)33)23-16-22(30(3,4)5)17-25(18-23)35-24-13-15-32-27(19-24)26-10-8-9-14-31-26;1-3-13-25(14-4-1)33-23-31(27-17-7-9-19-29(27)33)21-11-12-22-32-24-34(26-15-5-2-6-16-26)30-20-10-8-18-28(30)32;;/h6-9,11-17,20-21H,1-5H3;1-10,13,15,17-20,23-24H,11-12,21-22H2;;/q2*-4;;. The molecule has 5 heterocycles. The molecule has 9 nitrogen and oxygen atoms in total. The van der Waals surface area contributed by atoms with Gasteiger partial charge in [0.05, 0.1) is 0 Å². The minimum atomic E-state index is -0.0744. The Morgan fingerprint density at radius 3 is 1.55 bits per heavy atom. The maximum absolute atomic E-state index is 6.29. The van der Waals surface area contributed by atoms with Crippen molar-refractivity contribution in [3.8, 4) is 22.9 Å². The molecule has 3 aliphatic heterocycles. The van der Waals surface area contributed by atoms with Crippen LogP contribution >= 0.6 is 0 Å². The Morgan fingerprint density at radius 1 is 0.521 bits per heavy atom. The van der Waals surface area contributed by atoms with Crippen molar-refractivity contribution >= 4 is 51.2 Å². The maximum Gasteiger partial charge on any atom is 0.0326 e. The Hall–Kier alpha value is -6.44. The molecule has 0 spiro atoms. The van der Waals surface area contributed by atoms with Gasteiger partial charge in [-0.25, -0.2) is 6.07 Å². The molecular formula is C60H54IrN8OPt-8. The number of ether oxygens (including phenoxy) is 1. The van der Waals surface area contributed by atoms with Crippen molar-refractivity contribution in [1.82, 2.24) is 9.97 Å². The summed E-state index contributed by atoms with van der Waals surface area (Å²) in [5.41, 5.74) is 12.6. The van der Waals surface area contributed by atoms with E-state index >= 15 is 0 Å². The summed E-state index contributed by atoms with van der Waals surface area (Å²) in [5, 5.41) is 0. The van der Waals surface area contributed by atoms with Crippen LogP contribution < -0.4 is 34.1 Å². The number of aromatic nitrogens is 2. The van der Waals surface area contributed by atoms with E-state index in [1.54, 1.807) is 18.5 Å². The van der Waals surface area contributed by atoms with Crippen LogP contribution in [0.3, 0.4) is 0 Å². The van der Waals surface area contributed by atoms with E-state index in [9.17, 15) is 0 Å². The average Bonchev–Trinajstić information content (AvgIpc) is 4.08. The number of nitrogens with zero attached hydrogens (tertiary/aromatic N) is 8. The molecule has 0 atom stereocenters. The first-order valence-electron chi connectivity index (χ1n) is 23.6. The number of hydrogen-bond acceptors (Lipinski definition) is 9. The molecule has 367 valence electrons. The quantitative estimate of drug-likeness (QED) is 0.0879. The van der Waals surface area contributed by atoms with E-state index in [-0.39, 0.29) is 46.6 Å². The number of para-hydroxylation sites is 8. The summed E-state index contributed by atoms with van der Waals surface area (Å²) in [6, 6.07) is 68.4. The van der Waals surface area contributed by atoms with E-state index in [1.807, 2.05) is 42.5 Å². The molecule has 3 aliphatic rings. The average molecular weight is 1290 g/mol. The van der Waals surface area contributed by atoms with Crippen LogP contribution in [0.15, 0.2) is 164 Å². The molecule has 0 unspecified atom stereocenters. The Balaban J connectivity index is 0.000000185. The van der Waals surface area contributed by atoms with E-state index in [1.165, 1.54) is 28.4 Å². The van der Waals surface area contributed by atoms with E-state index in [4.69, 9.17) is 4.74 Å². The molecule has 0 aliphatic carbocycles. The number of fused-ring (bicyclic) bond motifs is 3. The SMILES string of the molecule is CC(C)N1[CH-]N(c2[c-]c(Oc3[c-]c(-c4[c-]cccn4)ncc3)cc(C(C)(C)C)c2)c2ccccc21.[Ir].[Pt].[c-]1ccccc1N1[CH-]N(CCCCN2[CH-]N(c3[c-]cccc3)c3ccccc32)c2ccccc21. The Kier molecular flexibility index (Phi) is 16.3. The number of rotatable bonds is 12. The van der Waals surface area contributed by atoms with Gasteiger partial charge in [-0.05, 0) is 100 Å². The fourth-order valence-corrected chi connectivity index (χ4v) is 8.73. The van der Waals surface area contributed by atoms with Crippen molar-refractivity contribution in [2.45, 2.75) is 58.9 Å². The smallest absolute Gasteiger partial charge is 0.0326 e. The summed E-state index contributed by atoms with van der Waals surface area (Å²) in [7, 11) is 0. The van der Waals surface area contributed by atoms with Crippen molar-refractivity contribution in [2.24, 2.45) is 0 Å². The van der Waals surface area contributed by atoms with E-state index in [0.717, 1.165) is 54.2 Å². The summed E-state index contributed by atoms with van der Waals surface area (Å²) >= 11 is 0. The molecule has 1 radical (unpaired) electrons. The van der Waals surface area contributed by atoms with Crippen LogP contribution in [0.2, 0.25) is 0 Å². The molecular weight excluding hydrogens is 1240 g/mol. The van der Waals surface area contributed by atoms with E-state index in [2.05, 4.69) is 227 Å². The zero-order valence-corrected chi connectivity index (χ0v) is 45.0. The van der Waals surface area contributed by atoms with Gasteiger partial charge < -0.3 is 44.1 Å². The third-order valence-electron chi connectivity index (χ3n) is 12.3. The summed E-state index contributed by atoms with van der Waals surface area (Å²) in [5.74, 6) is 1.18. The van der Waals surface area contributed by atoms with Crippen molar-refractivity contribution < 1.29 is 45.9 Å². The third kappa shape index (κ3) is 11.4. The monoisotopic (exact) mass is 1290 g/mol. The summed E-state index contributed by atoms with van der Waals surface area (Å²) < 4.78 is 6.29. The normalized spacial score (nSPS) is 13.5. The summed E-state index contributed by atoms with van der Waals surface area (Å²) in [6.07, 6.45) is 5.61. The maximum atomic E-state index is 6.29. The molecule has 2 aromatic heterocycles. The van der Waals surface area contributed by atoms with Crippen LogP contribution in [0, 0.1) is 50.3 Å². The first-order valence-corrected chi connectivity index (χ1v) is 23.6. The molecule has 0 bridgehead atoms. The van der Waals surface area contributed by atoms with Gasteiger partial charge in [-0.15, -0.1) is 64.3 Å². The fourth-order valence-electron chi connectivity index (χ4n) is 8.73. The van der Waals surface area contributed by atoms with Crippen molar-refractivity contribution in [2.75, 3.05) is 42.5 Å². The van der Waals surface area contributed by atoms with Crippen LogP contribution in [-0.2, 0) is 46.6 Å². The molecule has 0 saturated heterocycles. The minimum Gasteiger partial charge on any atom is -0.510 e. The van der Waals surface area contributed by atoms with Crippen LogP contribution in [0.25, 0.3) is 11.4 Å². The van der Waals surface area contributed by atoms with Gasteiger partial charge in [0.15, 0.2) is 0 Å².